The van der Waals surface area contributed by atoms with Crippen LogP contribution in [0.2, 0.25) is 0 Å². The number of hydrogen-bond donors (Lipinski definition) is 1. The highest BCUT2D eigenvalue weighted by molar-refractivity contribution is 5.92. The molecule has 0 aliphatic heterocycles. The van der Waals surface area contributed by atoms with Gasteiger partial charge in [0.15, 0.2) is 5.82 Å². The third kappa shape index (κ3) is 2.98. The van der Waals surface area contributed by atoms with Crippen LogP contribution in [0.5, 0.6) is 0 Å². The Morgan fingerprint density at radius 1 is 1.42 bits per heavy atom. The van der Waals surface area contributed by atoms with Gasteiger partial charge in [0.05, 0.1) is 0 Å². The van der Waals surface area contributed by atoms with Crippen molar-refractivity contribution < 1.29 is 9.32 Å². The fourth-order valence-corrected chi connectivity index (χ4v) is 1.57. The molecule has 0 aromatic carbocycles. The third-order valence-corrected chi connectivity index (χ3v) is 2.63. The Morgan fingerprint density at radius 3 is 2.68 bits per heavy atom. The molecule has 2 aromatic rings. The lowest BCUT2D eigenvalue weighted by atomic mass is 10.3. The summed E-state index contributed by atoms with van der Waals surface area (Å²) in [5.41, 5.74) is 0.372. The van der Waals surface area contributed by atoms with Crippen LogP contribution in [-0.4, -0.2) is 25.8 Å². The number of nitrogens with zero attached hydrogens (tertiary/aromatic N) is 4. The van der Waals surface area contributed by atoms with Crippen LogP contribution in [0.1, 0.15) is 55.1 Å². The lowest BCUT2D eigenvalue weighted by molar-refractivity contribution is 0.0926. The van der Waals surface area contributed by atoms with Crippen LogP contribution in [0.25, 0.3) is 0 Å². The quantitative estimate of drug-likeness (QED) is 0.906. The number of amides is 1. The van der Waals surface area contributed by atoms with Crippen molar-refractivity contribution in [2.75, 3.05) is 0 Å². The van der Waals surface area contributed by atoms with E-state index in [2.05, 4.69) is 20.6 Å². The molecular formula is C12H17N5O2. The van der Waals surface area contributed by atoms with Crippen LogP contribution in [0, 0.1) is 6.92 Å². The summed E-state index contributed by atoms with van der Waals surface area (Å²) in [7, 11) is 0. The molecule has 2 rings (SSSR count). The first-order chi connectivity index (χ1) is 8.97. The third-order valence-electron chi connectivity index (χ3n) is 2.63. The number of aryl methyl sites for hydroxylation is 1. The molecule has 0 saturated heterocycles. The average molecular weight is 263 g/mol. The zero-order chi connectivity index (χ0) is 14.0. The molecule has 7 heteroatoms. The second-order valence-corrected chi connectivity index (χ2v) is 4.65. The van der Waals surface area contributed by atoms with Crippen molar-refractivity contribution in [1.82, 2.24) is 25.2 Å². The summed E-state index contributed by atoms with van der Waals surface area (Å²) in [6.07, 6.45) is 1.78. The SMILES string of the molecule is Cc1noc([C@H](C)NC(=O)c2ccn(C(C)C)n2)n1. The summed E-state index contributed by atoms with van der Waals surface area (Å²) in [4.78, 5) is 16.1. The van der Waals surface area contributed by atoms with Crippen LogP contribution < -0.4 is 5.32 Å². The van der Waals surface area contributed by atoms with E-state index in [0.717, 1.165) is 0 Å². The number of rotatable bonds is 4. The maximum Gasteiger partial charge on any atom is 0.272 e. The monoisotopic (exact) mass is 263 g/mol. The predicted molar refractivity (Wildman–Crippen MR) is 67.5 cm³/mol. The normalized spacial score (nSPS) is 12.7. The Kier molecular flexibility index (Phi) is 3.64. The smallest absolute Gasteiger partial charge is 0.272 e. The number of carbonyl (C=O) groups is 1. The number of nitrogens with one attached hydrogen (secondary N) is 1. The van der Waals surface area contributed by atoms with E-state index in [4.69, 9.17) is 4.52 Å². The fraction of sp³-hybridized carbons (Fsp3) is 0.500. The molecule has 19 heavy (non-hydrogen) atoms. The maximum atomic E-state index is 12.0. The van der Waals surface area contributed by atoms with Gasteiger partial charge in [0.2, 0.25) is 5.89 Å². The lowest BCUT2D eigenvalue weighted by Crippen LogP contribution is -2.27. The van der Waals surface area contributed by atoms with E-state index >= 15 is 0 Å². The molecule has 1 amide bonds. The fourth-order valence-electron chi connectivity index (χ4n) is 1.57. The van der Waals surface area contributed by atoms with Gasteiger partial charge in [0, 0.05) is 12.2 Å². The molecule has 0 fully saturated rings. The minimum absolute atomic E-state index is 0.220. The van der Waals surface area contributed by atoms with E-state index in [1.807, 2.05) is 13.8 Å². The maximum absolute atomic E-state index is 12.0. The molecule has 2 aromatic heterocycles. The largest absolute Gasteiger partial charge is 0.339 e. The van der Waals surface area contributed by atoms with Gasteiger partial charge in [0.25, 0.3) is 5.91 Å². The standard InChI is InChI=1S/C12H17N5O2/c1-7(2)17-6-5-10(15-17)11(18)13-8(3)12-14-9(4)16-19-12/h5-8H,1-4H3,(H,13,18)/t8-/m0/s1. The first-order valence-corrected chi connectivity index (χ1v) is 6.13. The summed E-state index contributed by atoms with van der Waals surface area (Å²) in [6, 6.07) is 1.55. The second kappa shape index (κ2) is 5.21. The van der Waals surface area contributed by atoms with Gasteiger partial charge in [-0.2, -0.15) is 10.1 Å². The molecule has 1 atom stereocenters. The van der Waals surface area contributed by atoms with Gasteiger partial charge >= 0.3 is 0 Å². The average Bonchev–Trinajstić information content (AvgIpc) is 2.96. The molecule has 2 heterocycles. The van der Waals surface area contributed by atoms with Gasteiger partial charge in [-0.3, -0.25) is 9.48 Å². The number of hydrogen-bond acceptors (Lipinski definition) is 5. The molecule has 0 aliphatic rings. The van der Waals surface area contributed by atoms with E-state index in [-0.39, 0.29) is 18.0 Å². The van der Waals surface area contributed by atoms with Gasteiger partial charge in [-0.25, -0.2) is 0 Å². The number of carbonyl (C=O) groups excluding carboxylic acids is 1. The molecule has 7 nitrogen and oxygen atoms in total. The van der Waals surface area contributed by atoms with Crippen molar-refractivity contribution in [2.45, 2.75) is 39.8 Å². The summed E-state index contributed by atoms with van der Waals surface area (Å²) in [5, 5.41) is 10.7. The Labute approximate surface area is 111 Å². The Morgan fingerprint density at radius 2 is 2.16 bits per heavy atom. The summed E-state index contributed by atoms with van der Waals surface area (Å²) in [5.74, 6) is 0.664. The minimum Gasteiger partial charge on any atom is -0.339 e. The Balaban J connectivity index is 2.04. The highest BCUT2D eigenvalue weighted by Gasteiger charge is 2.18. The molecular weight excluding hydrogens is 246 g/mol. The second-order valence-electron chi connectivity index (χ2n) is 4.65. The van der Waals surface area contributed by atoms with Gasteiger partial charge in [-0.1, -0.05) is 5.16 Å². The van der Waals surface area contributed by atoms with Crippen molar-refractivity contribution in [3.8, 4) is 0 Å². The topological polar surface area (TPSA) is 85.8 Å². The zero-order valence-corrected chi connectivity index (χ0v) is 11.4. The van der Waals surface area contributed by atoms with Gasteiger partial charge in [0.1, 0.15) is 11.7 Å². The molecule has 0 spiro atoms. The Bertz CT molecular complexity index is 572. The first kappa shape index (κ1) is 13.3. The summed E-state index contributed by atoms with van der Waals surface area (Å²) < 4.78 is 6.74. The molecule has 0 unspecified atom stereocenters. The van der Waals surface area contributed by atoms with E-state index in [0.29, 0.717) is 17.4 Å². The van der Waals surface area contributed by atoms with Crippen molar-refractivity contribution in [3.05, 3.63) is 29.7 Å². The van der Waals surface area contributed by atoms with E-state index in [1.165, 1.54) is 0 Å². The van der Waals surface area contributed by atoms with Crippen LogP contribution in [0.4, 0.5) is 0 Å². The van der Waals surface area contributed by atoms with Gasteiger partial charge in [-0.15, -0.1) is 0 Å². The van der Waals surface area contributed by atoms with Crippen molar-refractivity contribution >= 4 is 5.91 Å². The van der Waals surface area contributed by atoms with E-state index < -0.39 is 0 Å². The van der Waals surface area contributed by atoms with Crippen molar-refractivity contribution in [1.29, 1.82) is 0 Å². The van der Waals surface area contributed by atoms with Crippen LogP contribution in [0.3, 0.4) is 0 Å². The first-order valence-electron chi connectivity index (χ1n) is 6.13. The molecule has 0 bridgehead atoms. The van der Waals surface area contributed by atoms with E-state index in [1.54, 1.807) is 30.8 Å². The van der Waals surface area contributed by atoms with Gasteiger partial charge < -0.3 is 9.84 Å². The predicted octanol–water partition coefficient (Wildman–Crippen LogP) is 1.65. The van der Waals surface area contributed by atoms with Crippen molar-refractivity contribution in [2.24, 2.45) is 0 Å². The zero-order valence-electron chi connectivity index (χ0n) is 11.4. The molecule has 0 aliphatic carbocycles. The molecule has 102 valence electrons. The van der Waals surface area contributed by atoms with Crippen molar-refractivity contribution in [3.63, 3.8) is 0 Å². The van der Waals surface area contributed by atoms with Crippen LogP contribution in [0.15, 0.2) is 16.8 Å². The van der Waals surface area contributed by atoms with E-state index in [9.17, 15) is 4.79 Å². The molecule has 0 radical (unpaired) electrons. The highest BCUT2D eigenvalue weighted by atomic mass is 16.5. The summed E-state index contributed by atoms with van der Waals surface area (Å²) in [6.45, 7) is 7.51. The van der Waals surface area contributed by atoms with Gasteiger partial charge in [-0.05, 0) is 33.8 Å². The minimum atomic E-state index is -0.349. The molecule has 1 N–H and O–H groups in total. The Hall–Kier alpha value is -2.18. The molecule has 0 saturated carbocycles. The van der Waals surface area contributed by atoms with Crippen LogP contribution in [-0.2, 0) is 0 Å². The number of aromatic nitrogens is 4. The lowest BCUT2D eigenvalue weighted by Gasteiger charge is -2.08. The summed E-state index contributed by atoms with van der Waals surface area (Å²) >= 11 is 0. The van der Waals surface area contributed by atoms with Crippen LogP contribution >= 0.6 is 0 Å². The highest BCUT2D eigenvalue weighted by Crippen LogP contribution is 2.10.